The monoisotopic (exact) mass is 268 g/mol. The summed E-state index contributed by atoms with van der Waals surface area (Å²) in [5.41, 5.74) is -0.309. The fourth-order valence-corrected chi connectivity index (χ4v) is 4.28. The van der Waals surface area contributed by atoms with Gasteiger partial charge < -0.3 is 18.9 Å². The third-order valence-corrected chi connectivity index (χ3v) is 5.25. The highest BCUT2D eigenvalue weighted by atomic mass is 16.9. The van der Waals surface area contributed by atoms with Gasteiger partial charge in [0, 0.05) is 19.3 Å². The molecule has 0 aromatic carbocycles. The van der Waals surface area contributed by atoms with Crippen molar-refractivity contribution in [2.75, 3.05) is 0 Å². The first kappa shape index (κ1) is 12.6. The van der Waals surface area contributed by atoms with Gasteiger partial charge in [0.15, 0.2) is 18.2 Å². The van der Waals surface area contributed by atoms with Crippen molar-refractivity contribution in [1.82, 2.24) is 0 Å². The van der Waals surface area contributed by atoms with Crippen LogP contribution in [0.4, 0.5) is 0 Å². The second-order valence-corrected chi connectivity index (χ2v) is 6.41. The maximum atomic E-state index is 6.18. The zero-order chi connectivity index (χ0) is 12.9. The molecule has 0 saturated carbocycles. The van der Waals surface area contributed by atoms with Crippen LogP contribution in [0.25, 0.3) is 0 Å². The Hall–Kier alpha value is -0.160. The summed E-state index contributed by atoms with van der Waals surface area (Å²) in [7, 11) is 0. The maximum absolute atomic E-state index is 6.18. The van der Waals surface area contributed by atoms with Crippen LogP contribution >= 0.6 is 0 Å². The smallest absolute Gasteiger partial charge is 0.205 e. The van der Waals surface area contributed by atoms with Gasteiger partial charge in [-0.05, 0) is 12.8 Å². The second-order valence-electron chi connectivity index (χ2n) is 6.41. The summed E-state index contributed by atoms with van der Waals surface area (Å²) >= 11 is 0. The van der Waals surface area contributed by atoms with E-state index in [1.165, 1.54) is 25.7 Å². The average Bonchev–Trinajstić information content (AvgIpc) is 3.09. The summed E-state index contributed by atoms with van der Waals surface area (Å²) in [5.74, 6) is -0.474. The molecule has 4 heteroatoms. The van der Waals surface area contributed by atoms with Gasteiger partial charge in [-0.1, -0.05) is 32.6 Å². The number of ether oxygens (including phenoxy) is 4. The number of hydrogen-bond acceptors (Lipinski definition) is 4. The van der Waals surface area contributed by atoms with E-state index >= 15 is 0 Å². The van der Waals surface area contributed by atoms with Crippen molar-refractivity contribution >= 4 is 0 Å². The zero-order valence-corrected chi connectivity index (χ0v) is 11.7. The summed E-state index contributed by atoms with van der Waals surface area (Å²) in [6.07, 6.45) is 10.3. The van der Waals surface area contributed by atoms with Crippen LogP contribution in [0.5, 0.6) is 0 Å². The topological polar surface area (TPSA) is 36.9 Å². The van der Waals surface area contributed by atoms with Gasteiger partial charge in [-0.3, -0.25) is 0 Å². The van der Waals surface area contributed by atoms with Crippen LogP contribution in [0, 0.1) is 0 Å². The minimum Gasteiger partial charge on any atom is -0.346 e. The molecule has 0 amide bonds. The van der Waals surface area contributed by atoms with Gasteiger partial charge in [0.05, 0.1) is 6.10 Å². The van der Waals surface area contributed by atoms with E-state index in [9.17, 15) is 0 Å². The van der Waals surface area contributed by atoms with Gasteiger partial charge in [0.25, 0.3) is 0 Å². The van der Waals surface area contributed by atoms with Crippen LogP contribution in [0.1, 0.15) is 64.7 Å². The predicted octanol–water partition coefficient (Wildman–Crippen LogP) is 3.09. The first-order chi connectivity index (χ1) is 9.28. The Morgan fingerprint density at radius 1 is 0.947 bits per heavy atom. The quantitative estimate of drug-likeness (QED) is 0.694. The molecule has 0 spiro atoms. The van der Waals surface area contributed by atoms with Crippen molar-refractivity contribution in [3.05, 3.63) is 0 Å². The van der Waals surface area contributed by atoms with Gasteiger partial charge in [-0.25, -0.2) is 0 Å². The molecular formula is C15H24O4. The van der Waals surface area contributed by atoms with Crippen LogP contribution in [-0.4, -0.2) is 30.1 Å². The van der Waals surface area contributed by atoms with Crippen molar-refractivity contribution in [3.8, 4) is 0 Å². The van der Waals surface area contributed by atoms with Crippen molar-refractivity contribution < 1.29 is 18.9 Å². The molecule has 0 aromatic heterocycles. The number of fused-ring (bicyclic) bond motifs is 3. The van der Waals surface area contributed by atoms with E-state index < -0.39 is 5.79 Å². The highest BCUT2D eigenvalue weighted by molar-refractivity contribution is 5.13. The number of unbranched alkanes of at least 4 members (excludes halogenated alkanes) is 3. The zero-order valence-electron chi connectivity index (χ0n) is 11.7. The molecule has 0 aromatic rings. The number of hydrogen-bond donors (Lipinski definition) is 0. The SMILES string of the molecule is CCCCCCC1OC2CCC1(C13CCC(O1)O3)O2. The van der Waals surface area contributed by atoms with Crippen LogP contribution in [0.2, 0.25) is 0 Å². The van der Waals surface area contributed by atoms with Gasteiger partial charge >= 0.3 is 0 Å². The summed E-state index contributed by atoms with van der Waals surface area (Å²) < 4.78 is 24.2. The molecule has 5 fully saturated rings. The summed E-state index contributed by atoms with van der Waals surface area (Å²) in [4.78, 5) is 0. The van der Waals surface area contributed by atoms with Crippen LogP contribution in [0.3, 0.4) is 0 Å². The molecule has 3 unspecified atom stereocenters. The molecule has 3 atom stereocenters. The Morgan fingerprint density at radius 2 is 1.79 bits per heavy atom. The van der Waals surface area contributed by atoms with E-state index in [1.54, 1.807) is 0 Å². The minimum absolute atomic E-state index is 0.0163. The van der Waals surface area contributed by atoms with Gasteiger partial charge in [0.2, 0.25) is 5.79 Å². The Bertz CT molecular complexity index is 347. The molecule has 5 rings (SSSR count). The Labute approximate surface area is 114 Å². The minimum atomic E-state index is -0.474. The summed E-state index contributed by atoms with van der Waals surface area (Å²) in [6.45, 7) is 2.24. The maximum Gasteiger partial charge on any atom is 0.205 e. The molecular weight excluding hydrogens is 244 g/mol. The molecule has 0 aliphatic carbocycles. The lowest BCUT2D eigenvalue weighted by Crippen LogP contribution is -2.65. The number of rotatable bonds is 6. The van der Waals surface area contributed by atoms with Gasteiger partial charge in [0.1, 0.15) is 0 Å². The molecule has 5 saturated heterocycles. The van der Waals surface area contributed by atoms with E-state index in [-0.39, 0.29) is 24.3 Å². The predicted molar refractivity (Wildman–Crippen MR) is 68.4 cm³/mol. The molecule has 108 valence electrons. The molecule has 0 radical (unpaired) electrons. The van der Waals surface area contributed by atoms with Crippen LogP contribution in [-0.2, 0) is 18.9 Å². The highest BCUT2D eigenvalue weighted by Gasteiger charge is 2.74. The van der Waals surface area contributed by atoms with Gasteiger partial charge in [-0.2, -0.15) is 0 Å². The van der Waals surface area contributed by atoms with E-state index in [4.69, 9.17) is 18.9 Å². The fraction of sp³-hybridized carbons (Fsp3) is 1.00. The first-order valence-electron chi connectivity index (χ1n) is 7.97. The molecule has 4 bridgehead atoms. The molecule has 5 heterocycles. The Morgan fingerprint density at radius 3 is 2.47 bits per heavy atom. The molecule has 0 N–H and O–H groups in total. The summed E-state index contributed by atoms with van der Waals surface area (Å²) in [6, 6.07) is 0. The van der Waals surface area contributed by atoms with Crippen molar-refractivity contribution in [2.24, 2.45) is 0 Å². The molecule has 5 aliphatic heterocycles. The Balaban J connectivity index is 1.46. The lowest BCUT2D eigenvalue weighted by molar-refractivity contribution is -0.455. The molecule has 19 heavy (non-hydrogen) atoms. The van der Waals surface area contributed by atoms with E-state index in [1.807, 2.05) is 0 Å². The third-order valence-electron chi connectivity index (χ3n) is 5.25. The second kappa shape index (κ2) is 4.42. The third kappa shape index (κ3) is 1.67. The van der Waals surface area contributed by atoms with Crippen LogP contribution in [0.15, 0.2) is 0 Å². The van der Waals surface area contributed by atoms with E-state index in [0.717, 1.165) is 32.1 Å². The molecule has 4 nitrogen and oxygen atoms in total. The summed E-state index contributed by atoms with van der Waals surface area (Å²) in [5, 5.41) is 0. The lowest BCUT2D eigenvalue weighted by atomic mass is 9.80. The van der Waals surface area contributed by atoms with Crippen molar-refractivity contribution in [3.63, 3.8) is 0 Å². The Kier molecular flexibility index (Phi) is 2.92. The first-order valence-corrected chi connectivity index (χ1v) is 7.97. The standard InChI is InChI=1S/C15H24O4/c1-2-3-4-5-6-11-14(9-7-12(16-11)17-14)15-10-8-13(18-15)19-15/h11-13H,2-10H2,1H3. The van der Waals surface area contributed by atoms with E-state index in [2.05, 4.69) is 6.92 Å². The highest BCUT2D eigenvalue weighted by Crippen LogP contribution is 2.61. The molecule has 5 aliphatic rings. The average molecular weight is 268 g/mol. The van der Waals surface area contributed by atoms with Crippen LogP contribution < -0.4 is 0 Å². The van der Waals surface area contributed by atoms with Gasteiger partial charge in [-0.15, -0.1) is 0 Å². The largest absolute Gasteiger partial charge is 0.346 e. The van der Waals surface area contributed by atoms with Crippen molar-refractivity contribution in [2.45, 2.75) is 94.8 Å². The lowest BCUT2D eigenvalue weighted by Gasteiger charge is -2.50. The fourth-order valence-electron chi connectivity index (χ4n) is 4.28. The normalized spacial score (nSPS) is 50.7. The van der Waals surface area contributed by atoms with Crippen molar-refractivity contribution in [1.29, 1.82) is 0 Å². The van der Waals surface area contributed by atoms with E-state index in [0.29, 0.717) is 0 Å².